The van der Waals surface area contributed by atoms with Crippen molar-refractivity contribution in [3.8, 4) is 0 Å². The number of halogens is 2. The van der Waals surface area contributed by atoms with Crippen molar-refractivity contribution in [1.82, 2.24) is 9.88 Å². The van der Waals surface area contributed by atoms with Gasteiger partial charge in [-0.3, -0.25) is 4.90 Å². The Morgan fingerprint density at radius 1 is 1.03 bits per heavy atom. The molecule has 0 amide bonds. The van der Waals surface area contributed by atoms with Gasteiger partial charge in [0.25, 0.3) is 0 Å². The highest BCUT2D eigenvalue weighted by Gasteiger charge is 2.49. The lowest BCUT2D eigenvalue weighted by molar-refractivity contribution is -0.113. The van der Waals surface area contributed by atoms with E-state index in [1.807, 2.05) is 24.3 Å². The molecule has 2 aliphatic carbocycles. The Balaban J connectivity index is 1.26. The molecule has 1 saturated heterocycles. The highest BCUT2D eigenvalue weighted by atomic mass is 35.5. The van der Waals surface area contributed by atoms with Crippen molar-refractivity contribution in [2.75, 3.05) is 6.54 Å². The quantitative estimate of drug-likeness (QED) is 0.348. The van der Waals surface area contributed by atoms with Crippen molar-refractivity contribution in [2.24, 2.45) is 0 Å². The highest BCUT2D eigenvalue weighted by molar-refractivity contribution is 7.09. The van der Waals surface area contributed by atoms with E-state index in [0.29, 0.717) is 6.04 Å². The van der Waals surface area contributed by atoms with Crippen LogP contribution in [0.1, 0.15) is 92.5 Å². The molecule has 2 heterocycles. The molecule has 37 heavy (non-hydrogen) atoms. The van der Waals surface area contributed by atoms with Crippen LogP contribution in [-0.4, -0.2) is 33.8 Å². The first-order valence-corrected chi connectivity index (χ1v) is 15.1. The van der Waals surface area contributed by atoms with Gasteiger partial charge in [0.1, 0.15) is 12.0 Å². The van der Waals surface area contributed by atoms with Crippen LogP contribution in [-0.2, 0) is 10.8 Å². The fraction of sp³-hybridized carbons (Fsp3) is 0.516. The van der Waals surface area contributed by atoms with Gasteiger partial charge in [0.15, 0.2) is 0 Å². The molecule has 3 aromatic rings. The van der Waals surface area contributed by atoms with Crippen LogP contribution in [0.25, 0.3) is 0 Å². The number of nitrogens with zero attached hydrogens (tertiary/aromatic N) is 2. The lowest BCUT2D eigenvalue weighted by Crippen LogP contribution is -2.58. The minimum atomic E-state index is -0.528. The minimum Gasteiger partial charge on any atom is -0.377 e. The average molecular weight is 539 g/mol. The topological polar surface area (TPSA) is 36.4 Å². The highest BCUT2D eigenvalue weighted by Crippen LogP contribution is 2.50. The summed E-state index contributed by atoms with van der Waals surface area (Å²) < 4.78 is 15.0. The molecule has 0 bridgehead atoms. The van der Waals surface area contributed by atoms with E-state index in [9.17, 15) is 9.50 Å². The first kappa shape index (κ1) is 25.5. The van der Waals surface area contributed by atoms with Crippen LogP contribution in [0.5, 0.6) is 0 Å². The van der Waals surface area contributed by atoms with Gasteiger partial charge < -0.3 is 5.11 Å². The molecule has 196 valence electrons. The Hall–Kier alpha value is -1.79. The summed E-state index contributed by atoms with van der Waals surface area (Å²) in [5.41, 5.74) is 2.49. The Morgan fingerprint density at radius 2 is 1.76 bits per heavy atom. The summed E-state index contributed by atoms with van der Waals surface area (Å²) in [6.07, 6.45) is 8.82. The zero-order chi connectivity index (χ0) is 25.6. The number of rotatable bonds is 6. The van der Waals surface area contributed by atoms with Gasteiger partial charge in [-0.1, -0.05) is 61.2 Å². The van der Waals surface area contributed by atoms with Crippen molar-refractivity contribution in [3.05, 3.63) is 86.6 Å². The van der Waals surface area contributed by atoms with E-state index in [0.717, 1.165) is 85.6 Å². The van der Waals surface area contributed by atoms with Crippen LogP contribution < -0.4 is 0 Å². The van der Waals surface area contributed by atoms with Gasteiger partial charge in [-0.05, 0) is 74.8 Å². The lowest BCUT2D eigenvalue weighted by Gasteiger charge is -2.52. The molecule has 2 saturated carbocycles. The van der Waals surface area contributed by atoms with Gasteiger partial charge in [0.2, 0.25) is 0 Å². The molecular formula is C31H36ClFN2OS. The maximum atomic E-state index is 15.0. The van der Waals surface area contributed by atoms with Crippen LogP contribution in [0, 0.1) is 5.82 Å². The van der Waals surface area contributed by atoms with Crippen molar-refractivity contribution < 1.29 is 9.50 Å². The van der Waals surface area contributed by atoms with E-state index in [-0.39, 0.29) is 22.6 Å². The Kier molecular flexibility index (Phi) is 6.94. The fourth-order valence-electron chi connectivity index (χ4n) is 7.22. The molecule has 3 fully saturated rings. The third-order valence-corrected chi connectivity index (χ3v) is 10.9. The van der Waals surface area contributed by atoms with Gasteiger partial charge >= 0.3 is 0 Å². The monoisotopic (exact) mass is 538 g/mol. The first-order chi connectivity index (χ1) is 17.9. The maximum Gasteiger partial charge on any atom is 0.127 e. The van der Waals surface area contributed by atoms with Crippen molar-refractivity contribution >= 4 is 22.9 Å². The number of aliphatic hydroxyl groups is 1. The fourth-order valence-corrected chi connectivity index (χ4v) is 8.39. The lowest BCUT2D eigenvalue weighted by atomic mass is 9.62. The number of likely N-dealkylation sites (tertiary alicyclic amines) is 1. The van der Waals surface area contributed by atoms with E-state index in [1.165, 1.54) is 5.56 Å². The van der Waals surface area contributed by atoms with Crippen molar-refractivity contribution in [2.45, 2.75) is 93.7 Å². The molecule has 3 aliphatic rings. The smallest absolute Gasteiger partial charge is 0.127 e. The molecule has 3 atom stereocenters. The molecule has 3 unspecified atom stereocenters. The van der Waals surface area contributed by atoms with Crippen LogP contribution in [0.2, 0.25) is 5.02 Å². The van der Waals surface area contributed by atoms with E-state index < -0.39 is 6.23 Å². The minimum absolute atomic E-state index is 0.118. The standard InChI is InChI=1S/C31H36ClFN2OS/c1-21-9-10-22(19-35(21)29(36)30(17-6-18-30)23-11-13-24(32)14-12-23)28-34-27(20-37-28)31(15-4-5-16-31)25-7-2-3-8-26(25)33/h2-3,7-8,11-14,20-22,29,36H,4-6,9-10,15-19H2,1H3. The number of aromatic nitrogens is 1. The van der Waals surface area contributed by atoms with Gasteiger partial charge in [-0.25, -0.2) is 9.37 Å². The third-order valence-electron chi connectivity index (χ3n) is 9.61. The summed E-state index contributed by atoms with van der Waals surface area (Å²) in [7, 11) is 0. The molecule has 6 rings (SSSR count). The Bertz CT molecular complexity index is 1230. The van der Waals surface area contributed by atoms with E-state index in [1.54, 1.807) is 23.5 Å². The average Bonchev–Trinajstić information content (AvgIpc) is 3.56. The number of hydrogen-bond acceptors (Lipinski definition) is 4. The molecule has 0 radical (unpaired) electrons. The van der Waals surface area contributed by atoms with Gasteiger partial charge in [-0.2, -0.15) is 0 Å². The molecular weight excluding hydrogens is 503 g/mol. The van der Waals surface area contributed by atoms with Crippen LogP contribution in [0.4, 0.5) is 4.39 Å². The number of aliphatic hydroxyl groups excluding tert-OH is 1. The SMILES string of the molecule is CC1CCC(c2nc(C3(c4ccccc4F)CCCC3)cs2)CN1C(O)C1(c2ccc(Cl)cc2)CCC1. The largest absolute Gasteiger partial charge is 0.377 e. The van der Waals surface area contributed by atoms with Crippen LogP contribution >= 0.6 is 22.9 Å². The van der Waals surface area contributed by atoms with Gasteiger partial charge in [-0.15, -0.1) is 11.3 Å². The van der Waals surface area contributed by atoms with E-state index in [4.69, 9.17) is 16.6 Å². The predicted octanol–water partition coefficient (Wildman–Crippen LogP) is 7.80. The van der Waals surface area contributed by atoms with Gasteiger partial charge in [0.05, 0.1) is 10.7 Å². The number of benzene rings is 2. The molecule has 1 aliphatic heterocycles. The second-order valence-corrected chi connectivity index (χ2v) is 12.9. The number of hydrogen-bond donors (Lipinski definition) is 1. The van der Waals surface area contributed by atoms with Crippen LogP contribution in [0.15, 0.2) is 53.9 Å². The summed E-state index contributed by atoms with van der Waals surface area (Å²) in [5.74, 6) is 0.166. The number of piperidine rings is 1. The molecule has 1 N–H and O–H groups in total. The summed E-state index contributed by atoms with van der Waals surface area (Å²) in [6, 6.07) is 15.6. The second-order valence-electron chi connectivity index (χ2n) is 11.6. The summed E-state index contributed by atoms with van der Waals surface area (Å²) in [4.78, 5) is 7.54. The van der Waals surface area contributed by atoms with E-state index in [2.05, 4.69) is 29.3 Å². The van der Waals surface area contributed by atoms with Crippen molar-refractivity contribution in [1.29, 1.82) is 0 Å². The summed E-state index contributed by atoms with van der Waals surface area (Å²) >= 11 is 7.89. The third kappa shape index (κ3) is 4.36. The predicted molar refractivity (Wildman–Crippen MR) is 149 cm³/mol. The zero-order valence-corrected chi connectivity index (χ0v) is 23.1. The summed E-state index contributed by atoms with van der Waals surface area (Å²) in [6.45, 7) is 3.05. The summed E-state index contributed by atoms with van der Waals surface area (Å²) in [5, 5.41) is 15.9. The normalized spacial score (nSPS) is 26.1. The molecule has 1 aromatic heterocycles. The Morgan fingerprint density at radius 3 is 2.43 bits per heavy atom. The zero-order valence-electron chi connectivity index (χ0n) is 21.5. The first-order valence-electron chi connectivity index (χ1n) is 13.8. The second kappa shape index (κ2) is 10.1. The van der Waals surface area contributed by atoms with Crippen LogP contribution in [0.3, 0.4) is 0 Å². The Labute approximate surface area is 228 Å². The molecule has 2 aromatic carbocycles. The molecule has 6 heteroatoms. The maximum absolute atomic E-state index is 15.0. The van der Waals surface area contributed by atoms with Gasteiger partial charge in [0, 0.05) is 39.7 Å². The molecule has 3 nitrogen and oxygen atoms in total. The molecule has 0 spiro atoms. The van der Waals surface area contributed by atoms with E-state index >= 15 is 0 Å². The van der Waals surface area contributed by atoms with Crippen molar-refractivity contribution in [3.63, 3.8) is 0 Å². The number of thiazole rings is 1.